The highest BCUT2D eigenvalue weighted by Gasteiger charge is 2.43. The summed E-state index contributed by atoms with van der Waals surface area (Å²) in [6, 6.07) is 0. The lowest BCUT2D eigenvalue weighted by atomic mass is 9.99. The van der Waals surface area contributed by atoms with Crippen LogP contribution in [0.15, 0.2) is 0 Å². The molecule has 1 rings (SSSR count). The minimum Gasteiger partial charge on any atom is -0.394 e. The van der Waals surface area contributed by atoms with Crippen molar-refractivity contribution in [3.05, 3.63) is 0 Å². The van der Waals surface area contributed by atoms with E-state index in [1.54, 1.807) is 0 Å². The summed E-state index contributed by atoms with van der Waals surface area (Å²) in [5.41, 5.74) is 0. The van der Waals surface area contributed by atoms with Crippen LogP contribution in [0.3, 0.4) is 0 Å². The Morgan fingerprint density at radius 3 is 2.00 bits per heavy atom. The lowest BCUT2D eigenvalue weighted by Gasteiger charge is -2.38. The Bertz CT molecular complexity index is 302. The van der Waals surface area contributed by atoms with Gasteiger partial charge in [0.25, 0.3) is 0 Å². The molecule has 1 aliphatic rings. The first kappa shape index (κ1) is 21.0. The van der Waals surface area contributed by atoms with Gasteiger partial charge in [-0.25, -0.2) is 4.21 Å². The standard InChI is InChI=1S/C7H14O6.C2H6O2S.CH4/c1-12-7-6(11)5(10)4(9)3(2-8)13-7;1-5(2,3)4;/h3-11H,2H2,1H3;1H2,2H3,(H,3,4);1H4/t3?,4-,5+,6?,7-;;/m1../s1. The molecule has 6 atom stereocenters. The SMILES string of the molecule is C.C=S(C)(=O)O.CO[C@@H]1OC(CO)[C@@H](O)[C@H](O)C1O. The molecule has 1 heterocycles. The Kier molecular flexibility index (Phi) is 9.77. The van der Waals surface area contributed by atoms with Crippen LogP contribution in [0.25, 0.3) is 0 Å². The molecule has 3 unspecified atom stereocenters. The summed E-state index contributed by atoms with van der Waals surface area (Å²) in [7, 11) is -1.37. The quantitative estimate of drug-likeness (QED) is 0.365. The van der Waals surface area contributed by atoms with E-state index >= 15 is 0 Å². The summed E-state index contributed by atoms with van der Waals surface area (Å²) in [5, 5.41) is 36.6. The van der Waals surface area contributed by atoms with E-state index in [-0.39, 0.29) is 7.43 Å². The molecule has 0 saturated carbocycles. The van der Waals surface area contributed by atoms with Gasteiger partial charge in [-0.05, 0) is 5.87 Å². The van der Waals surface area contributed by atoms with E-state index in [0.717, 1.165) is 6.26 Å². The number of aliphatic hydroxyl groups is 4. The molecule has 0 aromatic carbocycles. The van der Waals surface area contributed by atoms with E-state index in [4.69, 9.17) is 19.1 Å². The van der Waals surface area contributed by atoms with Crippen LogP contribution in [-0.4, -0.2) is 85.7 Å². The number of rotatable bonds is 2. The normalized spacial score (nSPS) is 37.3. The molecule has 0 spiro atoms. The van der Waals surface area contributed by atoms with Crippen LogP contribution in [0.5, 0.6) is 0 Å². The highest BCUT2D eigenvalue weighted by molar-refractivity contribution is 7.94. The van der Waals surface area contributed by atoms with E-state index in [2.05, 4.69) is 5.87 Å². The Balaban J connectivity index is 0. The molecule has 0 radical (unpaired) electrons. The summed E-state index contributed by atoms with van der Waals surface area (Å²) in [4.78, 5) is 0. The Hall–Kier alpha value is -0.260. The van der Waals surface area contributed by atoms with Gasteiger partial charge in [0.1, 0.15) is 24.4 Å². The van der Waals surface area contributed by atoms with Gasteiger partial charge in [0.05, 0.1) is 16.4 Å². The maximum Gasteiger partial charge on any atom is 0.186 e. The molecule has 0 aromatic heterocycles. The fourth-order valence-electron chi connectivity index (χ4n) is 1.26. The van der Waals surface area contributed by atoms with Crippen molar-refractivity contribution >= 4 is 15.7 Å². The predicted octanol–water partition coefficient (Wildman–Crippen LogP) is -2.13. The van der Waals surface area contributed by atoms with Gasteiger partial charge in [-0.2, -0.15) is 0 Å². The van der Waals surface area contributed by atoms with Crippen molar-refractivity contribution in [2.24, 2.45) is 0 Å². The third-order valence-electron chi connectivity index (χ3n) is 2.08. The van der Waals surface area contributed by atoms with Crippen LogP contribution in [0, 0.1) is 0 Å². The maximum atomic E-state index is 9.63. The van der Waals surface area contributed by atoms with Crippen LogP contribution in [0.1, 0.15) is 7.43 Å². The van der Waals surface area contributed by atoms with Gasteiger partial charge in [-0.1, -0.05) is 7.43 Å². The van der Waals surface area contributed by atoms with Gasteiger partial charge in [-0.3, -0.25) is 0 Å². The van der Waals surface area contributed by atoms with Crippen LogP contribution in [0.4, 0.5) is 0 Å². The third kappa shape index (κ3) is 7.80. The van der Waals surface area contributed by atoms with E-state index in [9.17, 15) is 19.5 Å². The van der Waals surface area contributed by atoms with Crippen molar-refractivity contribution in [1.29, 1.82) is 0 Å². The largest absolute Gasteiger partial charge is 0.394 e. The van der Waals surface area contributed by atoms with E-state index < -0.39 is 47.1 Å². The van der Waals surface area contributed by atoms with Crippen molar-refractivity contribution in [1.82, 2.24) is 0 Å². The first-order valence-electron chi connectivity index (χ1n) is 4.99. The minimum absolute atomic E-state index is 0. The van der Waals surface area contributed by atoms with Crippen molar-refractivity contribution in [3.63, 3.8) is 0 Å². The smallest absolute Gasteiger partial charge is 0.186 e. The molecule has 9 heteroatoms. The zero-order chi connectivity index (χ0) is 14.5. The number of methoxy groups -OCH3 is 1. The van der Waals surface area contributed by atoms with Gasteiger partial charge < -0.3 is 34.5 Å². The van der Waals surface area contributed by atoms with Crippen LogP contribution in [-0.2, 0) is 19.3 Å². The van der Waals surface area contributed by atoms with Gasteiger partial charge in [-0.15, -0.1) is 0 Å². The van der Waals surface area contributed by atoms with Crippen molar-refractivity contribution in [3.8, 4) is 0 Å². The number of aliphatic hydroxyl groups excluding tert-OH is 4. The molecule has 0 bridgehead atoms. The molecule has 5 N–H and O–H groups in total. The van der Waals surface area contributed by atoms with E-state index in [1.807, 2.05) is 0 Å². The fourth-order valence-corrected chi connectivity index (χ4v) is 1.26. The lowest BCUT2D eigenvalue weighted by molar-refractivity contribution is -0.294. The number of hydrogen-bond donors (Lipinski definition) is 5. The van der Waals surface area contributed by atoms with Crippen molar-refractivity contribution in [2.75, 3.05) is 20.0 Å². The molecular weight excluding hydrogens is 280 g/mol. The van der Waals surface area contributed by atoms with Crippen molar-refractivity contribution in [2.45, 2.75) is 38.1 Å². The first-order chi connectivity index (χ1) is 8.11. The topological polar surface area (TPSA) is 137 Å². The van der Waals surface area contributed by atoms with E-state index in [1.165, 1.54) is 7.11 Å². The minimum atomic E-state index is -2.67. The molecule has 1 saturated heterocycles. The molecule has 0 aliphatic carbocycles. The fraction of sp³-hybridized carbons (Fsp3) is 0.900. The number of hydrogen-bond acceptors (Lipinski definition) is 7. The van der Waals surface area contributed by atoms with Crippen LogP contribution in [0.2, 0.25) is 0 Å². The Labute approximate surface area is 113 Å². The molecule has 8 nitrogen and oxygen atoms in total. The highest BCUT2D eigenvalue weighted by atomic mass is 32.2. The van der Waals surface area contributed by atoms with Crippen LogP contribution >= 0.6 is 0 Å². The summed E-state index contributed by atoms with van der Waals surface area (Å²) >= 11 is 0. The zero-order valence-corrected chi connectivity index (χ0v) is 11.0. The van der Waals surface area contributed by atoms with Gasteiger partial charge in [0.2, 0.25) is 0 Å². The molecule has 0 amide bonds. The van der Waals surface area contributed by atoms with Gasteiger partial charge in [0.15, 0.2) is 6.29 Å². The second kappa shape index (κ2) is 8.82. The second-order valence-electron chi connectivity index (χ2n) is 3.89. The third-order valence-corrected chi connectivity index (χ3v) is 2.08. The Morgan fingerprint density at radius 1 is 1.26 bits per heavy atom. The zero-order valence-electron chi connectivity index (χ0n) is 10.2. The summed E-state index contributed by atoms with van der Waals surface area (Å²) in [5.74, 6) is 2.85. The van der Waals surface area contributed by atoms with Gasteiger partial charge >= 0.3 is 0 Å². The van der Waals surface area contributed by atoms with Gasteiger partial charge in [0, 0.05) is 13.4 Å². The molecule has 1 fully saturated rings. The molecule has 19 heavy (non-hydrogen) atoms. The molecular formula is C10H24O8S. The monoisotopic (exact) mass is 304 g/mol. The first-order valence-corrected chi connectivity index (χ1v) is 7.09. The predicted molar refractivity (Wildman–Crippen MR) is 71.3 cm³/mol. The molecule has 1 aliphatic heterocycles. The van der Waals surface area contributed by atoms with Crippen molar-refractivity contribution < 1.29 is 38.7 Å². The summed E-state index contributed by atoms with van der Waals surface area (Å²) < 4.78 is 27.2. The van der Waals surface area contributed by atoms with E-state index in [0.29, 0.717) is 0 Å². The maximum absolute atomic E-state index is 9.63. The second-order valence-corrected chi connectivity index (χ2v) is 5.81. The average molecular weight is 304 g/mol. The summed E-state index contributed by atoms with van der Waals surface area (Å²) in [6.45, 7) is -0.440. The summed E-state index contributed by atoms with van der Waals surface area (Å²) in [6.07, 6.45) is -4.75. The molecule has 118 valence electrons. The molecule has 0 aromatic rings. The average Bonchev–Trinajstić information content (AvgIpc) is 2.24. The lowest BCUT2D eigenvalue weighted by Crippen LogP contribution is -2.58. The highest BCUT2D eigenvalue weighted by Crippen LogP contribution is 2.20. The van der Waals surface area contributed by atoms with Crippen LogP contribution < -0.4 is 0 Å². The number of ether oxygens (including phenoxy) is 2. The Morgan fingerprint density at radius 2 is 1.68 bits per heavy atom.